The summed E-state index contributed by atoms with van der Waals surface area (Å²) in [6.45, 7) is 1.26. The summed E-state index contributed by atoms with van der Waals surface area (Å²) < 4.78 is 11.2. The van der Waals surface area contributed by atoms with Gasteiger partial charge in [0.1, 0.15) is 13.2 Å². The van der Waals surface area contributed by atoms with Crippen LogP contribution in [0.2, 0.25) is 0 Å². The van der Waals surface area contributed by atoms with E-state index in [1.54, 1.807) is 0 Å². The van der Waals surface area contributed by atoms with Gasteiger partial charge >= 0.3 is 0 Å². The van der Waals surface area contributed by atoms with Crippen LogP contribution in [0.25, 0.3) is 0 Å². The van der Waals surface area contributed by atoms with E-state index >= 15 is 0 Å². The molecule has 2 aliphatic rings. The molecule has 0 radical (unpaired) electrons. The molecule has 1 aromatic carbocycles. The van der Waals surface area contributed by atoms with Gasteiger partial charge in [-0.25, -0.2) is 0 Å². The molecule has 0 bridgehead atoms. The number of halogens is 1. The smallest absolute Gasteiger partial charge is 0.166 e. The first-order chi connectivity index (χ1) is 7.36. The van der Waals surface area contributed by atoms with Crippen LogP contribution >= 0.6 is 12.4 Å². The molecular formula is C12H16ClNO2. The van der Waals surface area contributed by atoms with Gasteiger partial charge in [-0.15, -0.1) is 12.4 Å². The van der Waals surface area contributed by atoms with Crippen molar-refractivity contribution >= 4 is 12.4 Å². The molecule has 1 saturated carbocycles. The molecule has 0 spiro atoms. The van der Waals surface area contributed by atoms with Gasteiger partial charge in [-0.05, 0) is 24.8 Å². The van der Waals surface area contributed by atoms with E-state index in [1.807, 2.05) is 12.1 Å². The van der Waals surface area contributed by atoms with Crippen molar-refractivity contribution in [1.82, 2.24) is 0 Å². The third-order valence-electron chi connectivity index (χ3n) is 3.09. The van der Waals surface area contributed by atoms with Crippen molar-refractivity contribution in [3.63, 3.8) is 0 Å². The summed E-state index contributed by atoms with van der Waals surface area (Å²) in [5.41, 5.74) is 7.30. The highest BCUT2D eigenvalue weighted by atomic mass is 35.5. The van der Waals surface area contributed by atoms with E-state index in [-0.39, 0.29) is 18.4 Å². The first kappa shape index (κ1) is 11.6. The normalized spacial score (nSPS) is 19.8. The number of benzene rings is 1. The van der Waals surface area contributed by atoms with Gasteiger partial charge < -0.3 is 15.2 Å². The summed E-state index contributed by atoms with van der Waals surface area (Å²) >= 11 is 0. The predicted octanol–water partition coefficient (Wildman–Crippen LogP) is 2.29. The summed E-state index contributed by atoms with van der Waals surface area (Å²) in [6.07, 6.45) is 2.48. The molecule has 0 amide bonds. The molecule has 1 atom stereocenters. The molecule has 0 saturated heterocycles. The van der Waals surface area contributed by atoms with Crippen LogP contribution in [0.1, 0.15) is 24.4 Å². The predicted molar refractivity (Wildman–Crippen MR) is 64.3 cm³/mol. The first-order valence-corrected chi connectivity index (χ1v) is 5.50. The molecule has 0 unspecified atom stereocenters. The molecule has 1 heterocycles. The fraction of sp³-hybridized carbons (Fsp3) is 0.500. The van der Waals surface area contributed by atoms with Crippen molar-refractivity contribution in [2.75, 3.05) is 13.2 Å². The molecule has 2 N–H and O–H groups in total. The second-order valence-electron chi connectivity index (χ2n) is 4.23. The quantitative estimate of drug-likeness (QED) is 0.864. The highest BCUT2D eigenvalue weighted by Crippen LogP contribution is 2.45. The summed E-state index contributed by atoms with van der Waals surface area (Å²) in [4.78, 5) is 0. The number of nitrogens with two attached hydrogens (primary N) is 1. The minimum Gasteiger partial charge on any atom is -0.486 e. The van der Waals surface area contributed by atoms with Crippen molar-refractivity contribution in [2.45, 2.75) is 18.9 Å². The number of hydrogen-bond donors (Lipinski definition) is 1. The Morgan fingerprint density at radius 2 is 1.94 bits per heavy atom. The zero-order valence-corrected chi connectivity index (χ0v) is 9.83. The average molecular weight is 242 g/mol. The van der Waals surface area contributed by atoms with Crippen LogP contribution in [0, 0.1) is 5.92 Å². The monoisotopic (exact) mass is 241 g/mol. The molecular weight excluding hydrogens is 226 g/mol. The van der Waals surface area contributed by atoms with E-state index in [4.69, 9.17) is 15.2 Å². The number of fused-ring (bicyclic) bond motifs is 1. The Balaban J connectivity index is 0.000000963. The Kier molecular flexibility index (Phi) is 3.26. The summed E-state index contributed by atoms with van der Waals surface area (Å²) in [5.74, 6) is 2.35. The zero-order valence-electron chi connectivity index (χ0n) is 9.02. The number of rotatable bonds is 2. The van der Waals surface area contributed by atoms with Crippen molar-refractivity contribution in [2.24, 2.45) is 11.7 Å². The fourth-order valence-corrected chi connectivity index (χ4v) is 2.07. The van der Waals surface area contributed by atoms with Crippen LogP contribution in [-0.4, -0.2) is 13.2 Å². The lowest BCUT2D eigenvalue weighted by atomic mass is 10.0. The van der Waals surface area contributed by atoms with Gasteiger partial charge in [0.05, 0.1) is 0 Å². The molecule has 88 valence electrons. The van der Waals surface area contributed by atoms with Crippen LogP contribution in [0.3, 0.4) is 0 Å². The lowest BCUT2D eigenvalue weighted by Gasteiger charge is -2.23. The Morgan fingerprint density at radius 3 is 2.69 bits per heavy atom. The van der Waals surface area contributed by atoms with Crippen molar-refractivity contribution < 1.29 is 9.47 Å². The lowest BCUT2D eigenvalue weighted by molar-refractivity contribution is 0.169. The van der Waals surface area contributed by atoms with E-state index in [2.05, 4.69) is 6.07 Å². The topological polar surface area (TPSA) is 44.5 Å². The van der Waals surface area contributed by atoms with Crippen LogP contribution in [0.15, 0.2) is 18.2 Å². The Labute approximate surface area is 101 Å². The molecule has 1 fully saturated rings. The minimum absolute atomic E-state index is 0. The third-order valence-corrected chi connectivity index (χ3v) is 3.09. The third kappa shape index (κ3) is 1.97. The van der Waals surface area contributed by atoms with E-state index in [0.29, 0.717) is 19.1 Å². The summed E-state index contributed by atoms with van der Waals surface area (Å²) in [5, 5.41) is 0. The zero-order chi connectivity index (χ0) is 10.3. The molecule has 1 aromatic rings. The van der Waals surface area contributed by atoms with Gasteiger partial charge in [0, 0.05) is 11.6 Å². The number of ether oxygens (including phenoxy) is 2. The minimum atomic E-state index is 0. The molecule has 3 nitrogen and oxygen atoms in total. The summed E-state index contributed by atoms with van der Waals surface area (Å²) in [6, 6.07) is 6.10. The van der Waals surface area contributed by atoms with Crippen molar-refractivity contribution in [3.8, 4) is 11.5 Å². The van der Waals surface area contributed by atoms with Gasteiger partial charge in [0.15, 0.2) is 11.5 Å². The summed E-state index contributed by atoms with van der Waals surface area (Å²) in [7, 11) is 0. The number of hydrogen-bond acceptors (Lipinski definition) is 3. The highest BCUT2D eigenvalue weighted by molar-refractivity contribution is 5.85. The van der Waals surface area contributed by atoms with Crippen LogP contribution < -0.4 is 15.2 Å². The second-order valence-corrected chi connectivity index (χ2v) is 4.23. The molecule has 1 aliphatic carbocycles. The van der Waals surface area contributed by atoms with Gasteiger partial charge in [-0.3, -0.25) is 0 Å². The maximum atomic E-state index is 6.19. The lowest BCUT2D eigenvalue weighted by Crippen LogP contribution is -2.20. The largest absolute Gasteiger partial charge is 0.486 e. The number of para-hydroxylation sites is 1. The van der Waals surface area contributed by atoms with E-state index in [0.717, 1.165) is 17.1 Å². The molecule has 16 heavy (non-hydrogen) atoms. The second kappa shape index (κ2) is 4.52. The van der Waals surface area contributed by atoms with Crippen LogP contribution in [-0.2, 0) is 0 Å². The molecule has 4 heteroatoms. The molecule has 0 aromatic heterocycles. The maximum Gasteiger partial charge on any atom is 0.166 e. The van der Waals surface area contributed by atoms with Crippen LogP contribution in [0.4, 0.5) is 0 Å². The van der Waals surface area contributed by atoms with E-state index in [1.165, 1.54) is 12.8 Å². The van der Waals surface area contributed by atoms with E-state index in [9.17, 15) is 0 Å². The van der Waals surface area contributed by atoms with Crippen molar-refractivity contribution in [1.29, 1.82) is 0 Å². The van der Waals surface area contributed by atoms with Crippen LogP contribution in [0.5, 0.6) is 11.5 Å². The molecule has 1 aliphatic heterocycles. The molecule has 3 rings (SSSR count). The van der Waals surface area contributed by atoms with Gasteiger partial charge in [0.25, 0.3) is 0 Å². The standard InChI is InChI=1S/C12H15NO2.ClH/c13-11(8-4-5-8)9-2-1-3-10-12(9)15-7-6-14-10;/h1-3,8,11H,4-7,13H2;1H/t11-;/m1./s1. The van der Waals surface area contributed by atoms with Gasteiger partial charge in [-0.1, -0.05) is 12.1 Å². The van der Waals surface area contributed by atoms with Crippen molar-refractivity contribution in [3.05, 3.63) is 23.8 Å². The van der Waals surface area contributed by atoms with Gasteiger partial charge in [0.2, 0.25) is 0 Å². The van der Waals surface area contributed by atoms with E-state index < -0.39 is 0 Å². The Hall–Kier alpha value is -0.930. The highest BCUT2D eigenvalue weighted by Gasteiger charge is 2.32. The average Bonchev–Trinajstić information content (AvgIpc) is 3.11. The maximum absolute atomic E-state index is 6.19. The Morgan fingerprint density at radius 1 is 1.19 bits per heavy atom. The SMILES string of the molecule is Cl.N[C@@H](c1cccc2c1OCCO2)C1CC1. The fourth-order valence-electron chi connectivity index (χ4n) is 2.07. The first-order valence-electron chi connectivity index (χ1n) is 5.50. The van der Waals surface area contributed by atoms with Gasteiger partial charge in [-0.2, -0.15) is 0 Å². The Bertz CT molecular complexity index is 379.